The maximum atomic E-state index is 13.7. The Morgan fingerprint density at radius 1 is 1.16 bits per heavy atom. The molecule has 2 aromatic carbocycles. The van der Waals surface area contributed by atoms with Crippen molar-refractivity contribution < 1.29 is 31.1 Å². The Balaban J connectivity index is 1.75. The van der Waals surface area contributed by atoms with E-state index < -0.39 is 53.8 Å². The van der Waals surface area contributed by atoms with Crippen molar-refractivity contribution in [3.63, 3.8) is 0 Å². The molecule has 0 radical (unpaired) electrons. The molecule has 0 saturated carbocycles. The Bertz CT molecular complexity index is 1500. The van der Waals surface area contributed by atoms with Crippen LogP contribution in [0.15, 0.2) is 58.7 Å². The summed E-state index contributed by atoms with van der Waals surface area (Å²) in [4.78, 5) is 14.9. The van der Waals surface area contributed by atoms with Crippen LogP contribution in [-0.2, 0) is 31.2 Å². The third kappa shape index (κ3) is 5.14. The number of hydrogen-bond acceptors (Lipinski definition) is 7. The molecule has 3 atom stereocenters. The molecule has 4 rings (SSSR count). The molecular formula is C24H27ClFN3O6S2. The van der Waals surface area contributed by atoms with Crippen LogP contribution in [0.3, 0.4) is 0 Å². The smallest absolute Gasteiger partial charge is 0.256 e. The number of amides is 1. The molecule has 2 aliphatic heterocycles. The SMILES string of the molecule is CC(C)(C)[C@H]1C(O)=C(C2Nc3ccc(NS(C)(=O)=O)cc3S(=O)(=O)C2Cl)C(=O)N1Cc1ccc(F)cc1. The van der Waals surface area contributed by atoms with Gasteiger partial charge in [-0.1, -0.05) is 32.9 Å². The van der Waals surface area contributed by atoms with E-state index in [0.29, 0.717) is 5.56 Å². The number of aliphatic hydroxyl groups excluding tert-OH is 1. The fourth-order valence-corrected chi connectivity index (χ4v) is 7.25. The molecule has 37 heavy (non-hydrogen) atoms. The average molecular weight is 572 g/mol. The zero-order chi connectivity index (χ0) is 27.5. The van der Waals surface area contributed by atoms with E-state index in [-0.39, 0.29) is 34.1 Å². The molecule has 0 saturated heterocycles. The first-order chi connectivity index (χ1) is 17.0. The van der Waals surface area contributed by atoms with E-state index in [1.165, 1.54) is 41.3 Å². The Morgan fingerprint density at radius 3 is 2.35 bits per heavy atom. The molecule has 0 bridgehead atoms. The average Bonchev–Trinajstić information content (AvgIpc) is 3.01. The van der Waals surface area contributed by atoms with Crippen molar-refractivity contribution >= 4 is 48.7 Å². The van der Waals surface area contributed by atoms with Crippen molar-refractivity contribution in [1.82, 2.24) is 4.90 Å². The van der Waals surface area contributed by atoms with Gasteiger partial charge in [0.15, 0.2) is 14.5 Å². The maximum Gasteiger partial charge on any atom is 0.256 e. The van der Waals surface area contributed by atoms with E-state index in [2.05, 4.69) is 10.0 Å². The number of sulfonamides is 1. The summed E-state index contributed by atoms with van der Waals surface area (Å²) in [6.07, 6.45) is 0.934. The first-order valence-electron chi connectivity index (χ1n) is 11.3. The minimum absolute atomic E-state index is 0.0335. The normalized spacial score (nSPS) is 23.6. The molecule has 13 heteroatoms. The van der Waals surface area contributed by atoms with Crippen LogP contribution in [0.4, 0.5) is 15.8 Å². The van der Waals surface area contributed by atoms with Gasteiger partial charge >= 0.3 is 0 Å². The second-order valence-electron chi connectivity index (χ2n) is 10.2. The number of aliphatic hydroxyl groups is 1. The van der Waals surface area contributed by atoms with Gasteiger partial charge in [-0.25, -0.2) is 21.2 Å². The number of carbonyl (C=O) groups is 1. The number of fused-ring (bicyclic) bond motifs is 1. The van der Waals surface area contributed by atoms with Crippen LogP contribution in [0.25, 0.3) is 0 Å². The largest absolute Gasteiger partial charge is 0.510 e. The number of anilines is 2. The van der Waals surface area contributed by atoms with Crippen molar-refractivity contribution in [3.05, 3.63) is 65.2 Å². The lowest BCUT2D eigenvalue weighted by atomic mass is 9.85. The number of nitrogens with one attached hydrogen (secondary N) is 2. The van der Waals surface area contributed by atoms with Gasteiger partial charge in [-0.15, -0.1) is 11.6 Å². The quantitative estimate of drug-likeness (QED) is 0.467. The van der Waals surface area contributed by atoms with Gasteiger partial charge in [0.2, 0.25) is 10.0 Å². The Morgan fingerprint density at radius 2 is 1.78 bits per heavy atom. The molecule has 0 aliphatic carbocycles. The highest BCUT2D eigenvalue weighted by Crippen LogP contribution is 2.44. The molecule has 2 aliphatic rings. The summed E-state index contributed by atoms with van der Waals surface area (Å²) in [7, 11) is -7.91. The summed E-state index contributed by atoms with van der Waals surface area (Å²) in [5, 5.41) is 14.2. The highest BCUT2D eigenvalue weighted by molar-refractivity contribution is 7.93. The number of hydrogen-bond donors (Lipinski definition) is 3. The van der Waals surface area contributed by atoms with Crippen molar-refractivity contribution in [2.75, 3.05) is 16.3 Å². The van der Waals surface area contributed by atoms with Crippen LogP contribution in [0.2, 0.25) is 0 Å². The zero-order valence-corrected chi connectivity index (χ0v) is 22.9. The summed E-state index contributed by atoms with van der Waals surface area (Å²) in [5.41, 5.74) is -0.0406. The summed E-state index contributed by atoms with van der Waals surface area (Å²) >= 11 is 6.44. The number of nitrogens with zero attached hydrogens (tertiary/aromatic N) is 1. The van der Waals surface area contributed by atoms with Crippen molar-refractivity contribution in [2.45, 2.75) is 49.0 Å². The third-order valence-electron chi connectivity index (χ3n) is 6.20. The fraction of sp³-hybridized carbons (Fsp3) is 0.375. The van der Waals surface area contributed by atoms with Crippen LogP contribution in [-0.4, -0.2) is 55.8 Å². The standard InChI is InChI=1S/C24H27ClFN3O6S2/c1-24(2,3)21-20(30)18(23(31)29(21)12-13-5-7-14(26)8-6-13)19-22(25)37(34,35)17-11-15(28-36(4,32)33)9-10-16(17)27-19/h5-11,19,21-22,27-28,30H,12H2,1-4H3/t19?,21-,22?/m1/s1. The van der Waals surface area contributed by atoms with E-state index in [9.17, 15) is 31.1 Å². The topological polar surface area (TPSA) is 133 Å². The number of halogens is 2. The lowest BCUT2D eigenvalue weighted by Crippen LogP contribution is -2.45. The number of carbonyl (C=O) groups excluding carboxylic acids is 1. The van der Waals surface area contributed by atoms with Gasteiger partial charge in [-0.3, -0.25) is 9.52 Å². The summed E-state index contributed by atoms with van der Waals surface area (Å²) in [5.74, 6) is -1.32. The fourth-order valence-electron chi connectivity index (χ4n) is 4.69. The lowest BCUT2D eigenvalue weighted by molar-refractivity contribution is -0.129. The Labute approximate surface area is 220 Å². The first-order valence-corrected chi connectivity index (χ1v) is 15.1. The van der Waals surface area contributed by atoms with Crippen LogP contribution in [0.5, 0.6) is 0 Å². The molecule has 200 valence electrons. The highest BCUT2D eigenvalue weighted by Gasteiger charge is 2.52. The van der Waals surface area contributed by atoms with Crippen LogP contribution in [0.1, 0.15) is 26.3 Å². The van der Waals surface area contributed by atoms with E-state index in [0.717, 1.165) is 12.3 Å². The maximum absolute atomic E-state index is 13.7. The summed E-state index contributed by atoms with van der Waals surface area (Å²) in [6.45, 7) is 5.54. The lowest BCUT2D eigenvalue weighted by Gasteiger charge is -2.35. The van der Waals surface area contributed by atoms with E-state index in [1.54, 1.807) is 0 Å². The van der Waals surface area contributed by atoms with Gasteiger partial charge in [-0.05, 0) is 41.3 Å². The molecule has 0 aromatic heterocycles. The number of benzene rings is 2. The Hall–Kier alpha value is -2.83. The van der Waals surface area contributed by atoms with Crippen molar-refractivity contribution in [3.8, 4) is 0 Å². The molecule has 1 amide bonds. The number of sulfone groups is 1. The first kappa shape index (κ1) is 27.2. The van der Waals surface area contributed by atoms with Crippen molar-refractivity contribution in [2.24, 2.45) is 5.41 Å². The molecular weight excluding hydrogens is 545 g/mol. The van der Waals surface area contributed by atoms with E-state index >= 15 is 0 Å². The molecule has 2 unspecified atom stereocenters. The van der Waals surface area contributed by atoms with Gasteiger partial charge < -0.3 is 15.3 Å². The molecule has 2 aromatic rings. The van der Waals surface area contributed by atoms with Crippen molar-refractivity contribution in [1.29, 1.82) is 0 Å². The van der Waals surface area contributed by atoms with Gasteiger partial charge in [-0.2, -0.15) is 0 Å². The second kappa shape index (κ2) is 9.17. The van der Waals surface area contributed by atoms with Gasteiger partial charge in [0.25, 0.3) is 5.91 Å². The third-order valence-corrected chi connectivity index (χ3v) is 9.57. The van der Waals surface area contributed by atoms with Gasteiger partial charge in [0.05, 0.1) is 34.5 Å². The minimum Gasteiger partial charge on any atom is -0.510 e. The van der Waals surface area contributed by atoms with Crippen LogP contribution in [0, 0.1) is 11.2 Å². The second-order valence-corrected chi connectivity index (χ2v) is 14.7. The number of rotatable bonds is 5. The van der Waals surface area contributed by atoms with Gasteiger partial charge in [0.1, 0.15) is 11.6 Å². The molecule has 2 heterocycles. The number of alkyl halides is 1. The van der Waals surface area contributed by atoms with Crippen LogP contribution >= 0.6 is 11.6 Å². The molecule has 9 nitrogen and oxygen atoms in total. The minimum atomic E-state index is -4.26. The zero-order valence-electron chi connectivity index (χ0n) is 20.5. The predicted octanol–water partition coefficient (Wildman–Crippen LogP) is 3.60. The molecule has 0 spiro atoms. The van der Waals surface area contributed by atoms with E-state index in [1.807, 2.05) is 20.8 Å². The predicted molar refractivity (Wildman–Crippen MR) is 139 cm³/mol. The Kier molecular flexibility index (Phi) is 6.75. The monoisotopic (exact) mass is 571 g/mol. The van der Waals surface area contributed by atoms with Gasteiger partial charge in [0, 0.05) is 12.2 Å². The summed E-state index contributed by atoms with van der Waals surface area (Å²) in [6, 6.07) is 7.40. The highest BCUT2D eigenvalue weighted by atomic mass is 35.5. The van der Waals surface area contributed by atoms with E-state index in [4.69, 9.17) is 11.6 Å². The molecule has 0 fully saturated rings. The van der Waals surface area contributed by atoms with Crippen LogP contribution < -0.4 is 10.0 Å². The molecule has 3 N–H and O–H groups in total. The summed E-state index contributed by atoms with van der Waals surface area (Å²) < 4.78 is 63.9.